The summed E-state index contributed by atoms with van der Waals surface area (Å²) in [6, 6.07) is 4.21. The average molecular weight is 277 g/mol. The molecule has 0 spiro atoms. The van der Waals surface area contributed by atoms with Gasteiger partial charge in [0.1, 0.15) is 11.9 Å². The molecular weight excluding hydrogens is 257 g/mol. The fourth-order valence-corrected chi connectivity index (χ4v) is 3.01. The first-order valence-electron chi connectivity index (χ1n) is 6.64. The number of halogens is 1. The molecule has 2 rings (SSSR count). The molecule has 0 amide bonds. The van der Waals surface area contributed by atoms with E-state index in [2.05, 4.69) is 0 Å². The second-order valence-electron chi connectivity index (χ2n) is 5.71. The Kier molecular flexibility index (Phi) is 3.59. The van der Waals surface area contributed by atoms with Crippen LogP contribution in [0.5, 0.6) is 0 Å². The molecule has 20 heavy (non-hydrogen) atoms. The van der Waals surface area contributed by atoms with Crippen LogP contribution in [0.3, 0.4) is 0 Å². The molecule has 0 aliphatic carbocycles. The molecule has 1 aromatic rings. The maximum atomic E-state index is 13.5. The number of rotatable bonds is 2. The monoisotopic (exact) mass is 277 g/mol. The number of ether oxygens (including phenoxy) is 1. The summed E-state index contributed by atoms with van der Waals surface area (Å²) in [7, 11) is 1.38. The Morgan fingerprint density at radius 3 is 2.65 bits per heavy atom. The number of nitrogens with zero attached hydrogens (tertiary/aromatic N) is 1. The maximum absolute atomic E-state index is 13.5. The maximum Gasteiger partial charge on any atom is 0.328 e. The third-order valence-corrected chi connectivity index (χ3v) is 3.76. The number of fused-ring (bicyclic) bond motifs is 1. The highest BCUT2D eigenvalue weighted by Gasteiger charge is 2.37. The Morgan fingerprint density at radius 1 is 1.40 bits per heavy atom. The molecule has 0 aromatic heterocycles. The molecule has 1 atom stereocenters. The molecule has 0 N–H and O–H groups in total. The molecule has 0 radical (unpaired) electrons. The molecule has 0 unspecified atom stereocenters. The molecule has 1 aliphatic heterocycles. The Hall–Kier alpha value is -1.84. The Bertz CT molecular complexity index is 578. The SMILES string of the molecule is COC(=O)[C@@H](C)N1c2ccc(F)cc2C(C)=CC1(C)C. The molecular formula is C16H20FNO2. The summed E-state index contributed by atoms with van der Waals surface area (Å²) >= 11 is 0. The summed E-state index contributed by atoms with van der Waals surface area (Å²) < 4.78 is 18.3. The van der Waals surface area contributed by atoms with Crippen molar-refractivity contribution in [3.63, 3.8) is 0 Å². The van der Waals surface area contributed by atoms with E-state index in [4.69, 9.17) is 4.74 Å². The zero-order chi connectivity index (χ0) is 15.1. The van der Waals surface area contributed by atoms with E-state index in [0.29, 0.717) is 0 Å². The average Bonchev–Trinajstić information content (AvgIpc) is 2.37. The fourth-order valence-electron chi connectivity index (χ4n) is 3.01. The zero-order valence-corrected chi connectivity index (χ0v) is 12.5. The van der Waals surface area contributed by atoms with Crippen LogP contribution in [-0.4, -0.2) is 24.7 Å². The van der Waals surface area contributed by atoms with Gasteiger partial charge in [-0.1, -0.05) is 6.08 Å². The van der Waals surface area contributed by atoms with Crippen molar-refractivity contribution >= 4 is 17.2 Å². The van der Waals surface area contributed by atoms with Crippen molar-refractivity contribution in [2.45, 2.75) is 39.3 Å². The molecule has 1 aromatic carbocycles. The van der Waals surface area contributed by atoms with Gasteiger partial charge in [0.2, 0.25) is 0 Å². The largest absolute Gasteiger partial charge is 0.467 e. The van der Waals surface area contributed by atoms with Crippen LogP contribution in [0.4, 0.5) is 10.1 Å². The van der Waals surface area contributed by atoms with Gasteiger partial charge in [0.15, 0.2) is 0 Å². The predicted octanol–water partition coefficient (Wildman–Crippen LogP) is 3.39. The lowest BCUT2D eigenvalue weighted by Gasteiger charge is -2.45. The summed E-state index contributed by atoms with van der Waals surface area (Å²) in [5.74, 6) is -0.580. The van der Waals surface area contributed by atoms with Crippen molar-refractivity contribution in [3.8, 4) is 0 Å². The van der Waals surface area contributed by atoms with Gasteiger partial charge in [0, 0.05) is 11.3 Å². The van der Waals surface area contributed by atoms with Crippen LogP contribution >= 0.6 is 0 Å². The van der Waals surface area contributed by atoms with E-state index < -0.39 is 6.04 Å². The van der Waals surface area contributed by atoms with Crippen LogP contribution in [-0.2, 0) is 9.53 Å². The third kappa shape index (κ3) is 2.30. The molecule has 0 bridgehead atoms. The highest BCUT2D eigenvalue weighted by molar-refractivity contribution is 5.87. The van der Waals surface area contributed by atoms with E-state index in [-0.39, 0.29) is 17.3 Å². The molecule has 0 saturated carbocycles. The minimum Gasteiger partial charge on any atom is -0.467 e. The van der Waals surface area contributed by atoms with Crippen LogP contribution in [0.25, 0.3) is 5.57 Å². The number of hydrogen-bond donors (Lipinski definition) is 0. The number of allylic oxidation sites excluding steroid dienone is 1. The smallest absolute Gasteiger partial charge is 0.328 e. The van der Waals surface area contributed by atoms with E-state index in [1.807, 2.05) is 31.7 Å². The van der Waals surface area contributed by atoms with Crippen molar-refractivity contribution in [2.75, 3.05) is 12.0 Å². The standard InChI is InChI=1S/C16H20FNO2/c1-10-9-16(3,4)18(11(2)15(19)20-5)14-7-6-12(17)8-13(10)14/h6-9,11H,1-5H3/t11-/m1/s1. The molecule has 4 heteroatoms. The number of methoxy groups -OCH3 is 1. The summed E-state index contributed by atoms with van der Waals surface area (Å²) in [6.45, 7) is 7.82. The van der Waals surface area contributed by atoms with Crippen molar-refractivity contribution in [2.24, 2.45) is 0 Å². The summed E-state index contributed by atoms with van der Waals surface area (Å²) in [5.41, 5.74) is 2.34. The van der Waals surface area contributed by atoms with Crippen LogP contribution in [0.1, 0.15) is 33.3 Å². The zero-order valence-electron chi connectivity index (χ0n) is 12.5. The number of carbonyl (C=O) groups is 1. The lowest BCUT2D eigenvalue weighted by Crippen LogP contribution is -2.53. The number of hydrogen-bond acceptors (Lipinski definition) is 3. The summed E-state index contributed by atoms with van der Waals surface area (Å²) in [5, 5.41) is 0. The van der Waals surface area contributed by atoms with Crippen molar-refractivity contribution < 1.29 is 13.9 Å². The van der Waals surface area contributed by atoms with Crippen LogP contribution in [0.15, 0.2) is 24.3 Å². The lowest BCUT2D eigenvalue weighted by atomic mass is 9.87. The van der Waals surface area contributed by atoms with Crippen LogP contribution in [0.2, 0.25) is 0 Å². The number of anilines is 1. The van der Waals surface area contributed by atoms with Crippen LogP contribution < -0.4 is 4.90 Å². The highest BCUT2D eigenvalue weighted by atomic mass is 19.1. The van der Waals surface area contributed by atoms with Gasteiger partial charge in [0.25, 0.3) is 0 Å². The van der Waals surface area contributed by atoms with Gasteiger partial charge in [-0.3, -0.25) is 0 Å². The second kappa shape index (κ2) is 4.93. The minimum atomic E-state index is -0.441. The molecule has 0 saturated heterocycles. The topological polar surface area (TPSA) is 29.5 Å². The highest BCUT2D eigenvalue weighted by Crippen LogP contribution is 2.40. The minimum absolute atomic E-state index is 0.276. The van der Waals surface area contributed by atoms with E-state index in [1.165, 1.54) is 19.2 Å². The first-order valence-corrected chi connectivity index (χ1v) is 6.64. The van der Waals surface area contributed by atoms with Gasteiger partial charge in [-0.2, -0.15) is 0 Å². The van der Waals surface area contributed by atoms with E-state index in [9.17, 15) is 9.18 Å². The van der Waals surface area contributed by atoms with Crippen molar-refractivity contribution in [1.29, 1.82) is 0 Å². The van der Waals surface area contributed by atoms with E-state index in [0.717, 1.165) is 16.8 Å². The van der Waals surface area contributed by atoms with Gasteiger partial charge in [-0.15, -0.1) is 0 Å². The fraction of sp³-hybridized carbons (Fsp3) is 0.438. The van der Waals surface area contributed by atoms with E-state index in [1.54, 1.807) is 13.0 Å². The Morgan fingerprint density at radius 2 is 2.05 bits per heavy atom. The summed E-state index contributed by atoms with van der Waals surface area (Å²) in [6.07, 6.45) is 2.05. The quantitative estimate of drug-likeness (QED) is 0.776. The van der Waals surface area contributed by atoms with Gasteiger partial charge < -0.3 is 9.64 Å². The normalized spacial score (nSPS) is 18.1. The molecule has 1 heterocycles. The molecule has 108 valence electrons. The van der Waals surface area contributed by atoms with Gasteiger partial charge in [0.05, 0.1) is 12.6 Å². The second-order valence-corrected chi connectivity index (χ2v) is 5.71. The first-order chi connectivity index (χ1) is 9.27. The Balaban J connectivity index is 2.59. The van der Waals surface area contributed by atoms with Gasteiger partial charge in [-0.05, 0) is 51.5 Å². The number of carbonyl (C=O) groups excluding carboxylic acids is 1. The van der Waals surface area contributed by atoms with Crippen molar-refractivity contribution in [1.82, 2.24) is 0 Å². The third-order valence-electron chi connectivity index (χ3n) is 3.76. The molecule has 1 aliphatic rings. The lowest BCUT2D eigenvalue weighted by molar-refractivity contribution is -0.142. The number of benzene rings is 1. The van der Waals surface area contributed by atoms with Gasteiger partial charge in [-0.25, -0.2) is 9.18 Å². The summed E-state index contributed by atoms with van der Waals surface area (Å²) in [4.78, 5) is 13.9. The van der Waals surface area contributed by atoms with Crippen LogP contribution in [0, 0.1) is 5.82 Å². The molecule has 3 nitrogen and oxygen atoms in total. The van der Waals surface area contributed by atoms with E-state index >= 15 is 0 Å². The Labute approximate surface area is 119 Å². The first kappa shape index (κ1) is 14.6. The predicted molar refractivity (Wildman–Crippen MR) is 78.1 cm³/mol. The van der Waals surface area contributed by atoms with Gasteiger partial charge >= 0.3 is 5.97 Å². The molecule has 0 fully saturated rings. The van der Waals surface area contributed by atoms with Crippen molar-refractivity contribution in [3.05, 3.63) is 35.7 Å². The number of esters is 1.